The van der Waals surface area contributed by atoms with E-state index in [1.54, 1.807) is 28.8 Å². The van der Waals surface area contributed by atoms with Crippen LogP contribution < -0.4 is 4.74 Å². The second kappa shape index (κ2) is 4.42. The molecule has 0 aliphatic rings. The number of nitriles is 2. The molecule has 0 aliphatic heterocycles. The van der Waals surface area contributed by atoms with Crippen molar-refractivity contribution in [3.8, 4) is 23.8 Å². The first-order valence-electron chi connectivity index (χ1n) is 4.98. The number of rotatable bonds is 2. The molecule has 4 heteroatoms. The molecule has 0 N–H and O–H groups in total. The third-order valence-electron chi connectivity index (χ3n) is 2.37. The molecule has 82 valence electrons. The molecule has 0 aliphatic carbocycles. The van der Waals surface area contributed by atoms with Crippen LogP contribution in [0.3, 0.4) is 0 Å². The van der Waals surface area contributed by atoms with Crippen LogP contribution in [0.5, 0.6) is 11.6 Å². The van der Waals surface area contributed by atoms with Crippen LogP contribution >= 0.6 is 0 Å². The monoisotopic (exact) mass is 223 g/mol. The van der Waals surface area contributed by atoms with E-state index in [1.165, 1.54) is 0 Å². The summed E-state index contributed by atoms with van der Waals surface area (Å²) in [5.74, 6) is 1.02. The van der Waals surface area contributed by atoms with Crippen LogP contribution in [0.4, 0.5) is 0 Å². The minimum Gasteiger partial charge on any atom is -0.439 e. The second-order valence-corrected chi connectivity index (χ2v) is 3.46. The molecule has 0 radical (unpaired) electrons. The van der Waals surface area contributed by atoms with Gasteiger partial charge in [0.15, 0.2) is 5.88 Å². The van der Waals surface area contributed by atoms with Gasteiger partial charge in [-0.15, -0.1) is 0 Å². The molecule has 0 unspecified atom stereocenters. The quantitative estimate of drug-likeness (QED) is 0.786. The van der Waals surface area contributed by atoms with Crippen LogP contribution in [-0.4, -0.2) is 4.57 Å². The van der Waals surface area contributed by atoms with E-state index in [9.17, 15) is 0 Å². The molecule has 17 heavy (non-hydrogen) atoms. The Balaban J connectivity index is 2.45. The van der Waals surface area contributed by atoms with Crippen LogP contribution in [0.2, 0.25) is 0 Å². The molecule has 0 saturated carbocycles. The number of benzene rings is 1. The van der Waals surface area contributed by atoms with Gasteiger partial charge in [0.05, 0.1) is 5.56 Å². The third-order valence-corrected chi connectivity index (χ3v) is 2.37. The Kier molecular flexibility index (Phi) is 2.81. The lowest BCUT2D eigenvalue weighted by Gasteiger charge is -2.08. The van der Waals surface area contributed by atoms with Gasteiger partial charge in [0, 0.05) is 19.3 Å². The van der Waals surface area contributed by atoms with Crippen molar-refractivity contribution in [1.82, 2.24) is 4.57 Å². The largest absolute Gasteiger partial charge is 0.439 e. The minimum atomic E-state index is 0.260. The highest BCUT2D eigenvalue weighted by molar-refractivity contribution is 5.54. The molecule has 0 bridgehead atoms. The summed E-state index contributed by atoms with van der Waals surface area (Å²) in [6.45, 7) is 0. The Morgan fingerprint density at radius 3 is 2.53 bits per heavy atom. The molecule has 1 aromatic heterocycles. The Morgan fingerprint density at radius 1 is 1.12 bits per heavy atom. The van der Waals surface area contributed by atoms with Gasteiger partial charge in [0.2, 0.25) is 0 Å². The SMILES string of the molecule is Cn1cccc1Oc1cccc(C#N)c1C#N. The number of nitrogens with zero attached hydrogens (tertiary/aromatic N) is 3. The lowest BCUT2D eigenvalue weighted by atomic mass is 10.1. The van der Waals surface area contributed by atoms with Crippen molar-refractivity contribution in [2.45, 2.75) is 0 Å². The van der Waals surface area contributed by atoms with Gasteiger partial charge in [-0.1, -0.05) is 6.07 Å². The zero-order chi connectivity index (χ0) is 12.3. The van der Waals surface area contributed by atoms with E-state index >= 15 is 0 Å². The van der Waals surface area contributed by atoms with E-state index in [0.717, 1.165) is 0 Å². The van der Waals surface area contributed by atoms with E-state index in [2.05, 4.69) is 0 Å². The zero-order valence-electron chi connectivity index (χ0n) is 9.21. The average Bonchev–Trinajstić information content (AvgIpc) is 2.74. The maximum Gasteiger partial charge on any atom is 0.199 e. The molecule has 0 atom stereocenters. The minimum absolute atomic E-state index is 0.260. The molecule has 4 nitrogen and oxygen atoms in total. The fraction of sp³-hybridized carbons (Fsp3) is 0.0769. The molecular formula is C13H9N3O. The highest BCUT2D eigenvalue weighted by Crippen LogP contribution is 2.26. The smallest absolute Gasteiger partial charge is 0.199 e. The van der Waals surface area contributed by atoms with Crippen molar-refractivity contribution < 1.29 is 4.74 Å². The maximum absolute atomic E-state index is 9.04. The van der Waals surface area contributed by atoms with Gasteiger partial charge in [0.1, 0.15) is 23.5 Å². The highest BCUT2D eigenvalue weighted by atomic mass is 16.5. The first-order valence-corrected chi connectivity index (χ1v) is 4.98. The summed E-state index contributed by atoms with van der Waals surface area (Å²) < 4.78 is 7.39. The number of hydrogen-bond donors (Lipinski definition) is 0. The molecule has 0 spiro atoms. The summed E-state index contributed by atoms with van der Waals surface area (Å²) in [5.41, 5.74) is 0.579. The van der Waals surface area contributed by atoms with Crippen molar-refractivity contribution in [1.29, 1.82) is 10.5 Å². The molecule has 2 aromatic rings. The van der Waals surface area contributed by atoms with Crippen molar-refractivity contribution in [3.05, 3.63) is 47.7 Å². The fourth-order valence-electron chi connectivity index (χ4n) is 1.49. The molecule has 1 aromatic carbocycles. The van der Waals surface area contributed by atoms with Crippen LogP contribution in [0, 0.1) is 22.7 Å². The number of ether oxygens (including phenoxy) is 1. The van der Waals surface area contributed by atoms with Crippen LogP contribution in [0.15, 0.2) is 36.5 Å². The molecule has 2 rings (SSSR count). The fourth-order valence-corrected chi connectivity index (χ4v) is 1.49. The van der Waals surface area contributed by atoms with Gasteiger partial charge in [-0.2, -0.15) is 10.5 Å². The average molecular weight is 223 g/mol. The maximum atomic E-state index is 9.04. The summed E-state index contributed by atoms with van der Waals surface area (Å²) >= 11 is 0. The van der Waals surface area contributed by atoms with Gasteiger partial charge in [0.25, 0.3) is 0 Å². The Morgan fingerprint density at radius 2 is 1.94 bits per heavy atom. The standard InChI is InChI=1S/C13H9N3O/c1-16-7-3-6-13(16)17-12-5-2-4-10(8-14)11(12)9-15/h2-7H,1H3. The van der Waals surface area contributed by atoms with Crippen LogP contribution in [0.1, 0.15) is 11.1 Å². The van der Waals surface area contributed by atoms with Gasteiger partial charge in [-0.25, -0.2) is 0 Å². The Hall–Kier alpha value is -2.72. The zero-order valence-corrected chi connectivity index (χ0v) is 9.21. The Labute approximate surface area is 98.9 Å². The highest BCUT2D eigenvalue weighted by Gasteiger charge is 2.10. The Bertz CT molecular complexity index is 629. The van der Waals surface area contributed by atoms with E-state index in [4.69, 9.17) is 15.3 Å². The first kappa shape index (κ1) is 10.8. The summed E-state index contributed by atoms with van der Waals surface area (Å²) in [4.78, 5) is 0. The summed E-state index contributed by atoms with van der Waals surface area (Å²) in [5, 5.41) is 17.9. The molecule has 0 amide bonds. The van der Waals surface area contributed by atoms with E-state index in [0.29, 0.717) is 17.2 Å². The predicted molar refractivity (Wildman–Crippen MR) is 61.4 cm³/mol. The van der Waals surface area contributed by atoms with Crippen molar-refractivity contribution in [2.75, 3.05) is 0 Å². The third kappa shape index (κ3) is 1.97. The normalized spacial score (nSPS) is 9.35. The summed E-state index contributed by atoms with van der Waals surface area (Å²) in [7, 11) is 1.84. The predicted octanol–water partition coefficient (Wildman–Crippen LogP) is 2.56. The van der Waals surface area contributed by atoms with E-state index < -0.39 is 0 Å². The van der Waals surface area contributed by atoms with Crippen LogP contribution in [0.25, 0.3) is 0 Å². The topological polar surface area (TPSA) is 61.7 Å². The van der Waals surface area contributed by atoms with E-state index in [1.807, 2.05) is 31.4 Å². The summed E-state index contributed by atoms with van der Waals surface area (Å²) in [6, 6.07) is 12.6. The lowest BCUT2D eigenvalue weighted by molar-refractivity contribution is 0.442. The number of aromatic nitrogens is 1. The molecule has 0 fully saturated rings. The number of hydrogen-bond acceptors (Lipinski definition) is 3. The van der Waals surface area contributed by atoms with Crippen molar-refractivity contribution >= 4 is 0 Å². The van der Waals surface area contributed by atoms with Gasteiger partial charge in [-0.3, -0.25) is 0 Å². The van der Waals surface area contributed by atoms with Crippen molar-refractivity contribution in [3.63, 3.8) is 0 Å². The molecule has 1 heterocycles. The first-order chi connectivity index (χ1) is 8.26. The second-order valence-electron chi connectivity index (χ2n) is 3.46. The van der Waals surface area contributed by atoms with Crippen molar-refractivity contribution in [2.24, 2.45) is 7.05 Å². The van der Waals surface area contributed by atoms with Gasteiger partial charge < -0.3 is 9.30 Å². The molecular weight excluding hydrogens is 214 g/mol. The molecule has 0 saturated heterocycles. The van der Waals surface area contributed by atoms with Gasteiger partial charge in [-0.05, 0) is 18.2 Å². The lowest BCUT2D eigenvalue weighted by Crippen LogP contribution is -1.95. The van der Waals surface area contributed by atoms with E-state index in [-0.39, 0.29) is 5.56 Å². The van der Waals surface area contributed by atoms with Gasteiger partial charge >= 0.3 is 0 Å². The number of aryl methyl sites for hydroxylation is 1. The van der Waals surface area contributed by atoms with Crippen LogP contribution in [-0.2, 0) is 7.05 Å². The summed E-state index contributed by atoms with van der Waals surface area (Å²) in [6.07, 6.45) is 1.84.